The Balaban J connectivity index is 2.35. The first-order valence-electron chi connectivity index (χ1n) is 5.85. The summed E-state index contributed by atoms with van der Waals surface area (Å²) in [5.41, 5.74) is 2.44. The van der Waals surface area contributed by atoms with Crippen molar-refractivity contribution in [2.75, 3.05) is 5.01 Å². The van der Waals surface area contributed by atoms with E-state index in [0.717, 1.165) is 16.1 Å². The standard InChI is InChI=1S/C15H14N2O2/c1-11(18)15(19)17(16)14-9-5-8-13(10-14)12-6-3-2-4-7-12/h2-10H,16H2,1H3. The maximum atomic E-state index is 11.5. The summed E-state index contributed by atoms with van der Waals surface area (Å²) in [5, 5.41) is 0.870. The number of anilines is 1. The zero-order valence-electron chi connectivity index (χ0n) is 10.5. The van der Waals surface area contributed by atoms with Gasteiger partial charge in [-0.3, -0.25) is 9.59 Å². The zero-order valence-corrected chi connectivity index (χ0v) is 10.5. The lowest BCUT2D eigenvalue weighted by Gasteiger charge is -2.15. The van der Waals surface area contributed by atoms with Crippen LogP contribution in [-0.4, -0.2) is 11.7 Å². The van der Waals surface area contributed by atoms with Crippen molar-refractivity contribution in [3.8, 4) is 11.1 Å². The topological polar surface area (TPSA) is 63.4 Å². The van der Waals surface area contributed by atoms with Gasteiger partial charge in [-0.15, -0.1) is 0 Å². The van der Waals surface area contributed by atoms with Crippen molar-refractivity contribution in [3.05, 3.63) is 54.6 Å². The SMILES string of the molecule is CC(=O)C(=O)N(N)c1cccc(-c2ccccc2)c1. The van der Waals surface area contributed by atoms with Crippen LogP contribution in [0.5, 0.6) is 0 Å². The number of Topliss-reactive ketones (excluding diaryl/α,β-unsaturated/α-hetero) is 1. The number of hydrogen-bond donors (Lipinski definition) is 1. The molecule has 4 nitrogen and oxygen atoms in total. The van der Waals surface area contributed by atoms with Crippen LogP contribution in [0, 0.1) is 0 Å². The molecular weight excluding hydrogens is 240 g/mol. The number of carbonyl (C=O) groups excluding carboxylic acids is 2. The van der Waals surface area contributed by atoms with Crippen LogP contribution < -0.4 is 10.9 Å². The highest BCUT2D eigenvalue weighted by Gasteiger charge is 2.16. The van der Waals surface area contributed by atoms with E-state index in [1.807, 2.05) is 36.4 Å². The molecule has 1 amide bonds. The lowest BCUT2D eigenvalue weighted by atomic mass is 10.1. The van der Waals surface area contributed by atoms with Crippen molar-refractivity contribution in [1.29, 1.82) is 0 Å². The summed E-state index contributed by atoms with van der Waals surface area (Å²) in [6.07, 6.45) is 0. The molecule has 2 N–H and O–H groups in total. The average Bonchev–Trinajstić information content (AvgIpc) is 2.46. The third kappa shape index (κ3) is 2.86. The zero-order chi connectivity index (χ0) is 13.8. The fourth-order valence-corrected chi connectivity index (χ4v) is 1.75. The molecule has 0 fully saturated rings. The highest BCUT2D eigenvalue weighted by atomic mass is 16.2. The third-order valence-corrected chi connectivity index (χ3v) is 2.75. The van der Waals surface area contributed by atoms with E-state index in [1.165, 1.54) is 6.92 Å². The Hall–Kier alpha value is -2.46. The van der Waals surface area contributed by atoms with Crippen LogP contribution in [0.2, 0.25) is 0 Å². The maximum Gasteiger partial charge on any atom is 0.308 e. The minimum Gasteiger partial charge on any atom is -0.289 e. The number of ketones is 1. The summed E-state index contributed by atoms with van der Waals surface area (Å²) in [6.45, 7) is 1.20. The molecule has 96 valence electrons. The number of nitrogens with two attached hydrogens (primary N) is 1. The molecule has 2 aromatic carbocycles. The number of carbonyl (C=O) groups is 2. The van der Waals surface area contributed by atoms with Gasteiger partial charge in [0.05, 0.1) is 5.69 Å². The summed E-state index contributed by atoms with van der Waals surface area (Å²) in [4.78, 5) is 22.6. The molecule has 0 aliphatic heterocycles. The van der Waals surface area contributed by atoms with Crippen molar-refractivity contribution in [2.24, 2.45) is 5.84 Å². The molecule has 0 saturated carbocycles. The van der Waals surface area contributed by atoms with Crippen molar-refractivity contribution in [1.82, 2.24) is 0 Å². The van der Waals surface area contributed by atoms with Crippen molar-refractivity contribution in [2.45, 2.75) is 6.92 Å². The molecule has 0 atom stereocenters. The highest BCUT2D eigenvalue weighted by Crippen LogP contribution is 2.23. The Morgan fingerprint density at radius 1 is 0.947 bits per heavy atom. The van der Waals surface area contributed by atoms with Crippen LogP contribution in [0.25, 0.3) is 11.1 Å². The predicted octanol–water partition coefficient (Wildman–Crippen LogP) is 2.15. The summed E-state index contributed by atoms with van der Waals surface area (Å²) in [5.74, 6) is 4.33. The van der Waals surface area contributed by atoms with Gasteiger partial charge in [-0.25, -0.2) is 10.9 Å². The Morgan fingerprint density at radius 2 is 1.58 bits per heavy atom. The van der Waals surface area contributed by atoms with E-state index in [1.54, 1.807) is 18.2 Å². The molecule has 0 aliphatic rings. The van der Waals surface area contributed by atoms with E-state index >= 15 is 0 Å². The molecule has 4 heteroatoms. The van der Waals surface area contributed by atoms with Crippen molar-refractivity contribution >= 4 is 17.4 Å². The lowest BCUT2D eigenvalue weighted by molar-refractivity contribution is -0.135. The molecule has 0 spiro atoms. The summed E-state index contributed by atoms with van der Waals surface area (Å²) in [6, 6.07) is 16.9. The normalized spacial score (nSPS) is 10.0. The van der Waals surface area contributed by atoms with E-state index in [4.69, 9.17) is 5.84 Å². The van der Waals surface area contributed by atoms with Crippen LogP contribution in [0.15, 0.2) is 54.6 Å². The maximum absolute atomic E-state index is 11.5. The molecule has 0 radical (unpaired) electrons. The predicted molar refractivity (Wildman–Crippen MR) is 74.2 cm³/mol. The summed E-state index contributed by atoms with van der Waals surface area (Å²) >= 11 is 0. The molecule has 0 saturated heterocycles. The number of benzene rings is 2. The molecular formula is C15H14N2O2. The van der Waals surface area contributed by atoms with E-state index < -0.39 is 11.7 Å². The number of hydrazine groups is 1. The van der Waals surface area contributed by atoms with Crippen LogP contribution in [0.1, 0.15) is 6.92 Å². The molecule has 0 aromatic heterocycles. The van der Waals surface area contributed by atoms with Gasteiger partial charge in [0.15, 0.2) is 0 Å². The first kappa shape index (κ1) is 13.0. The van der Waals surface area contributed by atoms with E-state index in [-0.39, 0.29) is 0 Å². The lowest BCUT2D eigenvalue weighted by Crippen LogP contribution is -2.41. The van der Waals surface area contributed by atoms with Gasteiger partial charge in [0.25, 0.3) is 0 Å². The van der Waals surface area contributed by atoms with Crippen molar-refractivity contribution in [3.63, 3.8) is 0 Å². The number of hydrogen-bond acceptors (Lipinski definition) is 3. The summed E-state index contributed by atoms with van der Waals surface area (Å²) < 4.78 is 0. The van der Waals surface area contributed by atoms with Gasteiger partial charge < -0.3 is 0 Å². The fourth-order valence-electron chi connectivity index (χ4n) is 1.75. The van der Waals surface area contributed by atoms with E-state index in [9.17, 15) is 9.59 Å². The van der Waals surface area contributed by atoms with Gasteiger partial charge in [-0.05, 0) is 23.3 Å². The Morgan fingerprint density at radius 3 is 2.21 bits per heavy atom. The second kappa shape index (κ2) is 5.46. The highest BCUT2D eigenvalue weighted by molar-refractivity contribution is 6.40. The monoisotopic (exact) mass is 254 g/mol. The second-order valence-corrected chi connectivity index (χ2v) is 4.15. The summed E-state index contributed by atoms with van der Waals surface area (Å²) in [7, 11) is 0. The molecule has 2 rings (SSSR count). The van der Waals surface area contributed by atoms with Crippen LogP contribution in [0.3, 0.4) is 0 Å². The van der Waals surface area contributed by atoms with Gasteiger partial charge in [0.1, 0.15) is 0 Å². The van der Waals surface area contributed by atoms with Crippen molar-refractivity contribution < 1.29 is 9.59 Å². The molecule has 0 unspecified atom stereocenters. The van der Waals surface area contributed by atoms with Crippen LogP contribution >= 0.6 is 0 Å². The number of nitrogens with zero attached hydrogens (tertiary/aromatic N) is 1. The minimum atomic E-state index is -0.731. The Bertz CT molecular complexity index is 609. The van der Waals surface area contributed by atoms with Gasteiger partial charge in [-0.1, -0.05) is 42.5 Å². The molecule has 2 aromatic rings. The van der Waals surface area contributed by atoms with Gasteiger partial charge >= 0.3 is 5.91 Å². The van der Waals surface area contributed by atoms with E-state index in [0.29, 0.717) is 5.69 Å². The number of rotatable bonds is 3. The smallest absolute Gasteiger partial charge is 0.289 e. The van der Waals surface area contributed by atoms with Crippen LogP contribution in [-0.2, 0) is 9.59 Å². The Kier molecular flexibility index (Phi) is 3.73. The largest absolute Gasteiger partial charge is 0.308 e. The second-order valence-electron chi connectivity index (χ2n) is 4.15. The molecule has 0 bridgehead atoms. The van der Waals surface area contributed by atoms with Crippen LogP contribution in [0.4, 0.5) is 5.69 Å². The fraction of sp³-hybridized carbons (Fsp3) is 0.0667. The number of amides is 1. The molecule has 19 heavy (non-hydrogen) atoms. The minimum absolute atomic E-state index is 0.488. The Labute approximate surface area is 111 Å². The molecule has 0 heterocycles. The van der Waals surface area contributed by atoms with Gasteiger partial charge in [0, 0.05) is 6.92 Å². The average molecular weight is 254 g/mol. The third-order valence-electron chi connectivity index (χ3n) is 2.75. The first-order chi connectivity index (χ1) is 9.09. The van der Waals surface area contributed by atoms with E-state index in [2.05, 4.69) is 0 Å². The quantitative estimate of drug-likeness (QED) is 0.395. The first-order valence-corrected chi connectivity index (χ1v) is 5.85. The molecule has 0 aliphatic carbocycles. The van der Waals surface area contributed by atoms with Gasteiger partial charge in [-0.2, -0.15) is 0 Å². The van der Waals surface area contributed by atoms with Gasteiger partial charge in [0.2, 0.25) is 5.78 Å².